The summed E-state index contributed by atoms with van der Waals surface area (Å²) >= 11 is 0. The number of nitrogens with one attached hydrogen (secondary N) is 1. The van der Waals surface area contributed by atoms with Crippen LogP contribution in [0.4, 0.5) is 0 Å². The Morgan fingerprint density at radius 3 is 2.72 bits per heavy atom. The highest BCUT2D eigenvalue weighted by molar-refractivity contribution is 6.04. The maximum atomic E-state index is 12.6. The van der Waals surface area contributed by atoms with Gasteiger partial charge in [0.15, 0.2) is 0 Å². The third-order valence-electron chi connectivity index (χ3n) is 4.28. The van der Waals surface area contributed by atoms with Gasteiger partial charge >= 0.3 is 0 Å². The van der Waals surface area contributed by atoms with Crippen LogP contribution < -0.4 is 4.74 Å². The smallest absolute Gasteiger partial charge is 0.261 e. The molecule has 0 fully saturated rings. The quantitative estimate of drug-likeness (QED) is 0.777. The first-order chi connectivity index (χ1) is 12.0. The number of aromatic nitrogens is 2. The highest BCUT2D eigenvalue weighted by Gasteiger charge is 2.20. The Morgan fingerprint density at radius 1 is 1.28 bits per heavy atom. The van der Waals surface area contributed by atoms with Gasteiger partial charge in [0.1, 0.15) is 5.75 Å². The number of hydrogen-bond acceptors (Lipinski definition) is 3. The molecule has 3 rings (SSSR count). The lowest BCUT2D eigenvalue weighted by Gasteiger charge is -2.18. The largest absolute Gasteiger partial charge is 0.497 e. The van der Waals surface area contributed by atoms with E-state index in [2.05, 4.69) is 4.98 Å². The molecule has 2 heterocycles. The van der Waals surface area contributed by atoms with Gasteiger partial charge in [-0.15, -0.1) is 0 Å². The van der Waals surface area contributed by atoms with Crippen LogP contribution in [0.3, 0.4) is 0 Å². The van der Waals surface area contributed by atoms with E-state index in [1.807, 2.05) is 31.4 Å². The monoisotopic (exact) mass is 339 g/mol. The van der Waals surface area contributed by atoms with Crippen molar-refractivity contribution in [2.75, 3.05) is 13.7 Å². The summed E-state index contributed by atoms with van der Waals surface area (Å²) in [6, 6.07) is 7.52. The van der Waals surface area contributed by atoms with E-state index in [1.165, 1.54) is 11.8 Å². The molecule has 0 spiro atoms. The van der Waals surface area contributed by atoms with Gasteiger partial charge in [-0.25, -0.2) is 0 Å². The number of carbonyl (C=O) groups is 2. The molecule has 6 nitrogen and oxygen atoms in total. The van der Waals surface area contributed by atoms with E-state index >= 15 is 0 Å². The second kappa shape index (κ2) is 6.84. The molecule has 1 aromatic carbocycles. The van der Waals surface area contributed by atoms with E-state index < -0.39 is 0 Å². The lowest BCUT2D eigenvalue weighted by molar-refractivity contribution is -0.126. The first-order valence-corrected chi connectivity index (χ1v) is 8.08. The third-order valence-corrected chi connectivity index (χ3v) is 4.28. The first kappa shape index (κ1) is 16.8. The Bertz CT molecular complexity index is 923. The van der Waals surface area contributed by atoms with Crippen molar-refractivity contribution in [1.82, 2.24) is 14.5 Å². The molecule has 3 aromatic rings. The van der Waals surface area contributed by atoms with Gasteiger partial charge in [-0.2, -0.15) is 0 Å². The molecule has 0 bridgehead atoms. The summed E-state index contributed by atoms with van der Waals surface area (Å²) in [4.78, 5) is 29.0. The van der Waals surface area contributed by atoms with Crippen molar-refractivity contribution in [3.8, 4) is 5.75 Å². The molecule has 0 aliphatic carbocycles. The summed E-state index contributed by atoms with van der Waals surface area (Å²) in [5.74, 6) is 0.244. The van der Waals surface area contributed by atoms with E-state index in [0.717, 1.165) is 22.2 Å². The summed E-state index contributed by atoms with van der Waals surface area (Å²) in [6.45, 7) is 1.74. The lowest BCUT2D eigenvalue weighted by atomic mass is 10.1. The number of ether oxygens (including phenoxy) is 1. The molecule has 25 heavy (non-hydrogen) atoms. The lowest BCUT2D eigenvalue weighted by Crippen LogP contribution is -2.36. The molecule has 0 saturated carbocycles. The molecule has 2 amide bonds. The van der Waals surface area contributed by atoms with Crippen molar-refractivity contribution >= 4 is 22.7 Å². The molecular weight excluding hydrogens is 318 g/mol. The zero-order valence-corrected chi connectivity index (χ0v) is 14.6. The minimum atomic E-state index is -0.273. The third kappa shape index (κ3) is 3.42. The predicted octanol–water partition coefficient (Wildman–Crippen LogP) is 2.75. The molecule has 0 saturated heterocycles. The van der Waals surface area contributed by atoms with E-state index in [-0.39, 0.29) is 11.8 Å². The predicted molar refractivity (Wildman–Crippen MR) is 95.7 cm³/mol. The van der Waals surface area contributed by atoms with Crippen LogP contribution in [0.15, 0.2) is 42.9 Å². The molecule has 0 radical (unpaired) electrons. The normalized spacial score (nSPS) is 10.8. The number of imide groups is 1. The number of nitrogens with zero attached hydrogens (tertiary/aromatic N) is 2. The fourth-order valence-electron chi connectivity index (χ4n) is 2.91. The summed E-state index contributed by atoms with van der Waals surface area (Å²) in [7, 11) is 3.47. The van der Waals surface area contributed by atoms with Crippen molar-refractivity contribution in [2.45, 2.75) is 13.3 Å². The number of carbonyl (C=O) groups excluding carboxylic acids is 2. The molecular formula is C19H21N3O3. The number of fused-ring (bicyclic) bond motifs is 1. The van der Waals surface area contributed by atoms with E-state index in [1.54, 1.807) is 30.1 Å². The van der Waals surface area contributed by atoms with E-state index in [4.69, 9.17) is 4.74 Å². The van der Waals surface area contributed by atoms with Gasteiger partial charge in [-0.1, -0.05) is 0 Å². The van der Waals surface area contributed by atoms with Crippen LogP contribution in [-0.2, 0) is 18.3 Å². The minimum Gasteiger partial charge on any atom is -0.497 e. The van der Waals surface area contributed by atoms with Gasteiger partial charge in [-0.05, 0) is 36.2 Å². The highest BCUT2D eigenvalue weighted by Crippen LogP contribution is 2.24. The Labute approximate surface area is 146 Å². The van der Waals surface area contributed by atoms with Crippen LogP contribution in [0.5, 0.6) is 5.75 Å². The average molecular weight is 339 g/mol. The van der Waals surface area contributed by atoms with Crippen molar-refractivity contribution in [1.29, 1.82) is 0 Å². The van der Waals surface area contributed by atoms with E-state index in [0.29, 0.717) is 18.5 Å². The fraction of sp³-hybridized carbons (Fsp3) is 0.263. The maximum Gasteiger partial charge on any atom is 0.261 e. The van der Waals surface area contributed by atoms with Crippen LogP contribution in [0.2, 0.25) is 0 Å². The van der Waals surface area contributed by atoms with Crippen LogP contribution >= 0.6 is 0 Å². The van der Waals surface area contributed by atoms with Gasteiger partial charge in [-0.3, -0.25) is 14.5 Å². The zero-order valence-electron chi connectivity index (χ0n) is 14.6. The maximum absolute atomic E-state index is 12.6. The van der Waals surface area contributed by atoms with Gasteiger partial charge in [0.25, 0.3) is 5.91 Å². The number of aryl methyl sites for hydroxylation is 1. The molecule has 130 valence electrons. The van der Waals surface area contributed by atoms with Gasteiger partial charge < -0.3 is 14.3 Å². The van der Waals surface area contributed by atoms with Crippen LogP contribution in [0, 0.1) is 0 Å². The number of aromatic amines is 1. The number of H-pyrrole nitrogens is 1. The number of rotatable bonds is 5. The molecule has 2 aromatic heterocycles. The second-order valence-electron chi connectivity index (χ2n) is 6.02. The number of benzene rings is 1. The molecule has 1 N–H and O–H groups in total. The van der Waals surface area contributed by atoms with Crippen molar-refractivity contribution in [3.05, 3.63) is 54.0 Å². The topological polar surface area (TPSA) is 67.3 Å². The van der Waals surface area contributed by atoms with Crippen molar-refractivity contribution in [3.63, 3.8) is 0 Å². The van der Waals surface area contributed by atoms with Gasteiger partial charge in [0.05, 0.1) is 12.7 Å². The number of hydrogen-bond donors (Lipinski definition) is 1. The summed E-state index contributed by atoms with van der Waals surface area (Å²) in [6.07, 6.45) is 5.99. The number of methoxy groups -OCH3 is 1. The fourth-order valence-corrected chi connectivity index (χ4v) is 2.91. The van der Waals surface area contributed by atoms with Crippen LogP contribution in [0.25, 0.3) is 10.9 Å². The summed E-state index contributed by atoms with van der Waals surface area (Å²) in [5, 5.41) is 1.04. The first-order valence-electron chi connectivity index (χ1n) is 8.08. The minimum absolute atomic E-state index is 0.258. The van der Waals surface area contributed by atoms with Crippen LogP contribution in [-0.4, -0.2) is 39.9 Å². The molecule has 0 aliphatic heterocycles. The standard InChI is InChI=1S/C19H21N3O3/c1-13(23)22(19(24)15-6-8-21(2)12-15)9-7-14-11-20-18-5-4-16(25-3)10-17(14)18/h4-6,8,10-12,20H,7,9H2,1-3H3. The van der Waals surface area contributed by atoms with Gasteiger partial charge in [0.2, 0.25) is 5.91 Å². The Hall–Kier alpha value is -3.02. The van der Waals surface area contributed by atoms with Gasteiger partial charge in [0, 0.05) is 50.0 Å². The SMILES string of the molecule is COc1ccc2[nH]cc(CCN(C(C)=O)C(=O)c3ccn(C)c3)c2c1. The summed E-state index contributed by atoms with van der Waals surface area (Å²) < 4.78 is 7.06. The van der Waals surface area contributed by atoms with Crippen molar-refractivity contribution in [2.24, 2.45) is 7.05 Å². The summed E-state index contributed by atoms with van der Waals surface area (Å²) in [5.41, 5.74) is 2.55. The Balaban J connectivity index is 1.80. The highest BCUT2D eigenvalue weighted by atomic mass is 16.5. The van der Waals surface area contributed by atoms with Crippen molar-refractivity contribution < 1.29 is 14.3 Å². The Morgan fingerprint density at radius 2 is 2.08 bits per heavy atom. The zero-order chi connectivity index (χ0) is 18.0. The van der Waals surface area contributed by atoms with Crippen LogP contribution in [0.1, 0.15) is 22.8 Å². The van der Waals surface area contributed by atoms with E-state index in [9.17, 15) is 9.59 Å². The second-order valence-corrected chi connectivity index (χ2v) is 6.02. The Kier molecular flexibility index (Phi) is 4.61. The number of amides is 2. The average Bonchev–Trinajstić information content (AvgIpc) is 3.20. The molecule has 0 atom stereocenters. The molecule has 0 aliphatic rings. The molecule has 6 heteroatoms. The molecule has 0 unspecified atom stereocenters.